The van der Waals surface area contributed by atoms with Crippen LogP contribution in [-0.4, -0.2) is 29.0 Å². The molecule has 6 heteroatoms. The van der Waals surface area contributed by atoms with Crippen LogP contribution < -0.4 is 15.8 Å². The summed E-state index contributed by atoms with van der Waals surface area (Å²) in [6.07, 6.45) is 3.97. The van der Waals surface area contributed by atoms with Crippen LogP contribution in [0.3, 0.4) is 0 Å². The third-order valence-corrected chi connectivity index (χ3v) is 3.32. The number of nitrogens with two attached hydrogens (primary N) is 1. The molecular weight excluding hydrogens is 280 g/mol. The first-order chi connectivity index (χ1) is 10.5. The molecule has 0 saturated carbocycles. The molecule has 4 N–H and O–H groups in total. The van der Waals surface area contributed by atoms with Gasteiger partial charge in [0.2, 0.25) is 5.91 Å². The van der Waals surface area contributed by atoms with Crippen molar-refractivity contribution in [3.8, 4) is 17.0 Å². The summed E-state index contributed by atoms with van der Waals surface area (Å²) in [5, 5.41) is 2.82. The van der Waals surface area contributed by atoms with E-state index in [9.17, 15) is 4.79 Å². The summed E-state index contributed by atoms with van der Waals surface area (Å²) in [6, 6.07) is 4.95. The Morgan fingerprint density at radius 1 is 1.45 bits per heavy atom. The first-order valence-electron chi connectivity index (χ1n) is 7.24. The van der Waals surface area contributed by atoms with Gasteiger partial charge in [-0.1, -0.05) is 13.8 Å². The van der Waals surface area contributed by atoms with Crippen molar-refractivity contribution in [2.75, 3.05) is 12.4 Å². The average Bonchev–Trinajstić information content (AvgIpc) is 3.00. The minimum atomic E-state index is -0.515. The highest BCUT2D eigenvalue weighted by molar-refractivity contribution is 5.95. The summed E-state index contributed by atoms with van der Waals surface area (Å²) in [4.78, 5) is 19.1. The molecule has 22 heavy (non-hydrogen) atoms. The van der Waals surface area contributed by atoms with Crippen molar-refractivity contribution in [2.45, 2.75) is 26.3 Å². The number of carbonyl (C=O) groups is 1. The van der Waals surface area contributed by atoms with E-state index in [4.69, 9.17) is 10.5 Å². The van der Waals surface area contributed by atoms with Crippen molar-refractivity contribution in [3.63, 3.8) is 0 Å². The van der Waals surface area contributed by atoms with E-state index in [-0.39, 0.29) is 5.91 Å². The summed E-state index contributed by atoms with van der Waals surface area (Å²) in [5.41, 5.74) is 8.28. The van der Waals surface area contributed by atoms with Gasteiger partial charge >= 0.3 is 0 Å². The number of aromatic amines is 1. The van der Waals surface area contributed by atoms with Crippen LogP contribution in [0.4, 0.5) is 5.69 Å². The molecule has 2 rings (SSSR count). The van der Waals surface area contributed by atoms with Crippen LogP contribution in [-0.2, 0) is 4.79 Å². The summed E-state index contributed by atoms with van der Waals surface area (Å²) < 4.78 is 5.39. The van der Waals surface area contributed by atoms with Crippen LogP contribution in [0, 0.1) is 5.92 Å². The third-order valence-electron chi connectivity index (χ3n) is 3.32. The molecule has 0 aliphatic rings. The van der Waals surface area contributed by atoms with E-state index in [0.717, 1.165) is 11.3 Å². The van der Waals surface area contributed by atoms with Crippen LogP contribution in [0.2, 0.25) is 0 Å². The van der Waals surface area contributed by atoms with Gasteiger partial charge in [0.15, 0.2) is 0 Å². The lowest BCUT2D eigenvalue weighted by Gasteiger charge is -2.15. The molecule has 0 saturated heterocycles. The van der Waals surface area contributed by atoms with Crippen LogP contribution in [0.25, 0.3) is 11.3 Å². The molecule has 6 nitrogen and oxygen atoms in total. The SMILES string of the molecule is COc1cc(NC(=O)[C@H](N)CC(C)C)ccc1-c1cnc[nH]1. The predicted octanol–water partition coefficient (Wildman–Crippen LogP) is 2.40. The molecule has 1 aromatic heterocycles. The van der Waals surface area contributed by atoms with Gasteiger partial charge in [-0.25, -0.2) is 4.98 Å². The molecule has 1 heterocycles. The zero-order chi connectivity index (χ0) is 16.1. The Kier molecular flexibility index (Phi) is 5.16. The second-order valence-electron chi connectivity index (χ2n) is 5.61. The maximum atomic E-state index is 12.1. The Hall–Kier alpha value is -2.34. The van der Waals surface area contributed by atoms with Crippen LogP contribution >= 0.6 is 0 Å². The van der Waals surface area contributed by atoms with Gasteiger partial charge in [-0.2, -0.15) is 0 Å². The van der Waals surface area contributed by atoms with Gasteiger partial charge in [-0.05, 0) is 24.5 Å². The first-order valence-corrected chi connectivity index (χ1v) is 7.24. The Morgan fingerprint density at radius 3 is 2.82 bits per heavy atom. The van der Waals surface area contributed by atoms with Crippen LogP contribution in [0.5, 0.6) is 5.75 Å². The Morgan fingerprint density at radius 2 is 2.23 bits per heavy atom. The Balaban J connectivity index is 2.15. The Labute approximate surface area is 130 Å². The molecule has 1 aromatic carbocycles. The second-order valence-corrected chi connectivity index (χ2v) is 5.61. The summed E-state index contributed by atoms with van der Waals surface area (Å²) in [6.45, 7) is 4.07. The van der Waals surface area contributed by atoms with Gasteiger partial charge in [0, 0.05) is 17.3 Å². The molecule has 0 radical (unpaired) electrons. The highest BCUT2D eigenvalue weighted by Crippen LogP contribution is 2.31. The molecule has 0 spiro atoms. The van der Waals surface area contributed by atoms with E-state index >= 15 is 0 Å². The number of amides is 1. The van der Waals surface area contributed by atoms with E-state index in [1.807, 2.05) is 26.0 Å². The van der Waals surface area contributed by atoms with Crippen molar-refractivity contribution in [2.24, 2.45) is 11.7 Å². The largest absolute Gasteiger partial charge is 0.496 e. The topological polar surface area (TPSA) is 93.0 Å². The van der Waals surface area contributed by atoms with Gasteiger partial charge < -0.3 is 20.8 Å². The predicted molar refractivity (Wildman–Crippen MR) is 86.6 cm³/mol. The van der Waals surface area contributed by atoms with E-state index in [1.165, 1.54) is 0 Å². The number of rotatable bonds is 6. The standard InChI is InChI=1S/C16H22N4O2/c1-10(2)6-13(17)16(21)20-11-4-5-12(15(7-11)22-3)14-8-18-9-19-14/h4-5,7-10,13H,6,17H2,1-3H3,(H,18,19)(H,20,21)/t13-/m1/s1. The molecule has 0 unspecified atom stereocenters. The summed E-state index contributed by atoms with van der Waals surface area (Å²) in [7, 11) is 1.59. The number of nitrogens with zero attached hydrogens (tertiary/aromatic N) is 1. The maximum absolute atomic E-state index is 12.1. The molecule has 118 valence electrons. The third kappa shape index (κ3) is 3.85. The van der Waals surface area contributed by atoms with Crippen molar-refractivity contribution < 1.29 is 9.53 Å². The smallest absolute Gasteiger partial charge is 0.241 e. The average molecular weight is 302 g/mol. The van der Waals surface area contributed by atoms with Gasteiger partial charge in [-0.15, -0.1) is 0 Å². The van der Waals surface area contributed by atoms with E-state index < -0.39 is 6.04 Å². The van der Waals surface area contributed by atoms with Gasteiger partial charge in [0.1, 0.15) is 5.75 Å². The molecule has 0 fully saturated rings. The number of aromatic nitrogens is 2. The number of benzene rings is 1. The molecule has 1 amide bonds. The van der Waals surface area contributed by atoms with Crippen LogP contribution in [0.1, 0.15) is 20.3 Å². The van der Waals surface area contributed by atoms with E-state index in [2.05, 4.69) is 15.3 Å². The number of imidazole rings is 1. The summed E-state index contributed by atoms with van der Waals surface area (Å²) in [5.74, 6) is 0.836. The fourth-order valence-electron chi connectivity index (χ4n) is 2.24. The van der Waals surface area contributed by atoms with Crippen molar-refractivity contribution in [1.29, 1.82) is 0 Å². The number of hydrogen-bond acceptors (Lipinski definition) is 4. The zero-order valence-electron chi connectivity index (χ0n) is 13.1. The number of ether oxygens (including phenoxy) is 1. The van der Waals surface area contributed by atoms with E-state index in [0.29, 0.717) is 23.8 Å². The lowest BCUT2D eigenvalue weighted by atomic mass is 10.0. The zero-order valence-corrected chi connectivity index (χ0v) is 13.1. The molecular formula is C16H22N4O2. The normalized spacial score (nSPS) is 12.2. The molecule has 0 bridgehead atoms. The summed E-state index contributed by atoms with van der Waals surface area (Å²) >= 11 is 0. The number of hydrogen-bond donors (Lipinski definition) is 3. The lowest BCUT2D eigenvalue weighted by molar-refractivity contribution is -0.117. The van der Waals surface area contributed by atoms with Crippen LogP contribution in [0.15, 0.2) is 30.7 Å². The quantitative estimate of drug-likeness (QED) is 0.764. The van der Waals surface area contributed by atoms with Crippen molar-refractivity contribution in [1.82, 2.24) is 9.97 Å². The van der Waals surface area contributed by atoms with Gasteiger partial charge in [0.25, 0.3) is 0 Å². The Bertz CT molecular complexity index is 623. The first kappa shape index (κ1) is 16.0. The molecule has 2 aromatic rings. The number of carbonyl (C=O) groups excluding carboxylic acids is 1. The highest BCUT2D eigenvalue weighted by Gasteiger charge is 2.16. The number of nitrogens with one attached hydrogen (secondary N) is 2. The molecule has 0 aliphatic carbocycles. The van der Waals surface area contributed by atoms with Crippen molar-refractivity contribution >= 4 is 11.6 Å². The number of H-pyrrole nitrogens is 1. The number of methoxy groups -OCH3 is 1. The second kappa shape index (κ2) is 7.09. The molecule has 0 aliphatic heterocycles. The minimum Gasteiger partial charge on any atom is -0.496 e. The lowest BCUT2D eigenvalue weighted by Crippen LogP contribution is -2.36. The monoisotopic (exact) mass is 302 g/mol. The number of anilines is 1. The highest BCUT2D eigenvalue weighted by atomic mass is 16.5. The molecule has 1 atom stereocenters. The maximum Gasteiger partial charge on any atom is 0.241 e. The fraction of sp³-hybridized carbons (Fsp3) is 0.375. The van der Waals surface area contributed by atoms with Gasteiger partial charge in [0.05, 0.1) is 31.4 Å². The minimum absolute atomic E-state index is 0.190. The van der Waals surface area contributed by atoms with Crippen molar-refractivity contribution in [3.05, 3.63) is 30.7 Å². The van der Waals surface area contributed by atoms with E-state index in [1.54, 1.807) is 25.7 Å². The fourth-order valence-corrected chi connectivity index (χ4v) is 2.24. The van der Waals surface area contributed by atoms with Gasteiger partial charge in [-0.3, -0.25) is 4.79 Å².